The fourth-order valence-corrected chi connectivity index (χ4v) is 3.72. The first-order valence-corrected chi connectivity index (χ1v) is 7.94. The first-order valence-electron chi connectivity index (χ1n) is 7.94. The molecule has 1 heterocycles. The van der Waals surface area contributed by atoms with E-state index in [4.69, 9.17) is 10.2 Å². The van der Waals surface area contributed by atoms with Crippen molar-refractivity contribution in [3.05, 3.63) is 36.1 Å². The van der Waals surface area contributed by atoms with Crippen LogP contribution in [0.15, 0.2) is 34.7 Å². The van der Waals surface area contributed by atoms with Crippen LogP contribution >= 0.6 is 0 Å². The molecule has 1 aromatic heterocycles. The van der Waals surface area contributed by atoms with E-state index >= 15 is 0 Å². The van der Waals surface area contributed by atoms with E-state index in [1.54, 1.807) is 0 Å². The minimum Gasteiger partial charge on any atom is -0.459 e. The van der Waals surface area contributed by atoms with Crippen molar-refractivity contribution in [2.24, 2.45) is 11.7 Å². The summed E-state index contributed by atoms with van der Waals surface area (Å²) in [5, 5.41) is 1.14. The third kappa shape index (κ3) is 2.49. The van der Waals surface area contributed by atoms with Gasteiger partial charge in [-0.2, -0.15) is 0 Å². The lowest BCUT2D eigenvalue weighted by atomic mass is 9.71. The summed E-state index contributed by atoms with van der Waals surface area (Å²) in [5.74, 6) is 1.72. The Labute approximate surface area is 127 Å². The van der Waals surface area contributed by atoms with Crippen LogP contribution in [0.5, 0.6) is 0 Å². The molecule has 0 amide bonds. The SMILES string of the molecule is CC1CCC(C(N)c2cc3ccccc3o2)(N(C)C)CC1. The zero-order valence-electron chi connectivity index (χ0n) is 13.3. The molecular weight excluding hydrogens is 260 g/mol. The maximum atomic E-state index is 6.68. The fourth-order valence-electron chi connectivity index (χ4n) is 3.72. The molecule has 0 bridgehead atoms. The van der Waals surface area contributed by atoms with Gasteiger partial charge >= 0.3 is 0 Å². The molecule has 3 nitrogen and oxygen atoms in total. The van der Waals surface area contributed by atoms with Gasteiger partial charge in [0.25, 0.3) is 0 Å². The van der Waals surface area contributed by atoms with E-state index < -0.39 is 0 Å². The lowest BCUT2D eigenvalue weighted by molar-refractivity contribution is 0.0500. The quantitative estimate of drug-likeness (QED) is 0.929. The standard InChI is InChI=1S/C18H26N2O/c1-13-8-10-18(11-9-13,20(2)3)17(19)16-12-14-6-4-5-7-15(14)21-16/h4-7,12-13,17H,8-11,19H2,1-3H3. The van der Waals surface area contributed by atoms with Crippen molar-refractivity contribution in [3.63, 3.8) is 0 Å². The van der Waals surface area contributed by atoms with Crippen LogP contribution in [-0.2, 0) is 0 Å². The topological polar surface area (TPSA) is 42.4 Å². The van der Waals surface area contributed by atoms with Gasteiger partial charge in [-0.3, -0.25) is 0 Å². The average Bonchev–Trinajstić information content (AvgIpc) is 2.91. The molecule has 3 heteroatoms. The zero-order chi connectivity index (χ0) is 15.0. The Morgan fingerprint density at radius 3 is 2.52 bits per heavy atom. The van der Waals surface area contributed by atoms with E-state index in [-0.39, 0.29) is 11.6 Å². The van der Waals surface area contributed by atoms with Crippen LogP contribution in [0.1, 0.15) is 44.4 Å². The molecule has 1 aromatic carbocycles. The predicted molar refractivity (Wildman–Crippen MR) is 87.2 cm³/mol. The molecule has 0 aliphatic heterocycles. The number of nitrogens with zero attached hydrogens (tertiary/aromatic N) is 1. The maximum Gasteiger partial charge on any atom is 0.134 e. The van der Waals surface area contributed by atoms with Gasteiger partial charge in [0.15, 0.2) is 0 Å². The average molecular weight is 286 g/mol. The Morgan fingerprint density at radius 1 is 1.24 bits per heavy atom. The number of nitrogens with two attached hydrogens (primary N) is 1. The third-order valence-corrected chi connectivity index (χ3v) is 5.36. The number of likely N-dealkylation sites (N-methyl/N-ethyl adjacent to an activating group) is 1. The first-order chi connectivity index (χ1) is 10.0. The monoisotopic (exact) mass is 286 g/mol. The Hall–Kier alpha value is -1.32. The smallest absolute Gasteiger partial charge is 0.134 e. The summed E-state index contributed by atoms with van der Waals surface area (Å²) >= 11 is 0. The van der Waals surface area contributed by atoms with Crippen molar-refractivity contribution in [1.82, 2.24) is 4.90 Å². The van der Waals surface area contributed by atoms with Gasteiger partial charge in [0.05, 0.1) is 6.04 Å². The van der Waals surface area contributed by atoms with Crippen LogP contribution in [0.3, 0.4) is 0 Å². The lowest BCUT2D eigenvalue weighted by Gasteiger charge is -2.47. The van der Waals surface area contributed by atoms with Crippen LogP contribution < -0.4 is 5.73 Å². The molecule has 2 aromatic rings. The maximum absolute atomic E-state index is 6.68. The molecule has 1 atom stereocenters. The Bertz CT molecular complexity index is 575. The Kier molecular flexibility index (Phi) is 3.80. The van der Waals surface area contributed by atoms with Crippen LogP contribution in [0.2, 0.25) is 0 Å². The summed E-state index contributed by atoms with van der Waals surface area (Å²) in [7, 11) is 4.30. The van der Waals surface area contributed by atoms with Crippen molar-refractivity contribution >= 4 is 11.0 Å². The molecule has 0 saturated heterocycles. The Morgan fingerprint density at radius 2 is 1.90 bits per heavy atom. The van der Waals surface area contributed by atoms with Gasteiger partial charge in [0.2, 0.25) is 0 Å². The summed E-state index contributed by atoms with van der Waals surface area (Å²) in [6.07, 6.45) is 4.76. The van der Waals surface area contributed by atoms with Crippen LogP contribution in [0, 0.1) is 5.92 Å². The van der Waals surface area contributed by atoms with Gasteiger partial charge in [-0.1, -0.05) is 25.1 Å². The summed E-state index contributed by atoms with van der Waals surface area (Å²) in [6, 6.07) is 10.2. The van der Waals surface area contributed by atoms with E-state index in [0.29, 0.717) is 0 Å². The van der Waals surface area contributed by atoms with Crippen molar-refractivity contribution in [1.29, 1.82) is 0 Å². The number of rotatable bonds is 3. The molecule has 114 valence electrons. The van der Waals surface area contributed by atoms with E-state index in [1.807, 2.05) is 18.2 Å². The van der Waals surface area contributed by atoms with Crippen molar-refractivity contribution in [2.75, 3.05) is 14.1 Å². The van der Waals surface area contributed by atoms with E-state index in [9.17, 15) is 0 Å². The third-order valence-electron chi connectivity index (χ3n) is 5.36. The molecule has 0 radical (unpaired) electrons. The number of para-hydroxylation sites is 1. The highest BCUT2D eigenvalue weighted by Gasteiger charge is 2.43. The largest absolute Gasteiger partial charge is 0.459 e. The minimum absolute atomic E-state index is 0.0143. The first kappa shape index (κ1) is 14.6. The molecular formula is C18H26N2O. The highest BCUT2D eigenvalue weighted by Crippen LogP contribution is 2.43. The summed E-state index contributed by atoms with van der Waals surface area (Å²) < 4.78 is 6.03. The van der Waals surface area contributed by atoms with E-state index in [2.05, 4.69) is 38.1 Å². The van der Waals surface area contributed by atoms with Crippen molar-refractivity contribution in [2.45, 2.75) is 44.2 Å². The van der Waals surface area contributed by atoms with Crippen LogP contribution in [-0.4, -0.2) is 24.5 Å². The number of hydrogen-bond donors (Lipinski definition) is 1. The normalized spacial score (nSPS) is 28.1. The summed E-state index contributed by atoms with van der Waals surface area (Å²) in [5.41, 5.74) is 7.63. The molecule has 2 N–H and O–H groups in total. The van der Waals surface area contributed by atoms with Gasteiger partial charge < -0.3 is 15.1 Å². The molecule has 1 fully saturated rings. The molecule has 21 heavy (non-hydrogen) atoms. The minimum atomic E-state index is -0.0765. The van der Waals surface area contributed by atoms with Gasteiger partial charge in [0, 0.05) is 10.9 Å². The number of furan rings is 1. The molecule has 1 saturated carbocycles. The van der Waals surface area contributed by atoms with Gasteiger partial charge in [-0.15, -0.1) is 0 Å². The molecule has 1 aliphatic carbocycles. The second-order valence-electron chi connectivity index (χ2n) is 6.84. The highest BCUT2D eigenvalue weighted by molar-refractivity contribution is 5.77. The van der Waals surface area contributed by atoms with Crippen LogP contribution in [0.4, 0.5) is 0 Å². The molecule has 3 rings (SSSR count). The summed E-state index contributed by atoms with van der Waals surface area (Å²) in [4.78, 5) is 2.32. The predicted octanol–water partition coefficient (Wildman–Crippen LogP) is 3.94. The highest BCUT2D eigenvalue weighted by atomic mass is 16.3. The van der Waals surface area contributed by atoms with E-state index in [1.165, 1.54) is 12.8 Å². The molecule has 0 spiro atoms. The van der Waals surface area contributed by atoms with Crippen molar-refractivity contribution < 1.29 is 4.42 Å². The lowest BCUT2D eigenvalue weighted by Crippen LogP contribution is -2.54. The second-order valence-corrected chi connectivity index (χ2v) is 6.84. The number of hydrogen-bond acceptors (Lipinski definition) is 3. The second kappa shape index (κ2) is 5.47. The fraction of sp³-hybridized carbons (Fsp3) is 0.556. The number of benzene rings is 1. The number of fused-ring (bicyclic) bond motifs is 1. The molecule has 1 aliphatic rings. The van der Waals surface area contributed by atoms with Gasteiger partial charge in [-0.25, -0.2) is 0 Å². The van der Waals surface area contributed by atoms with Crippen molar-refractivity contribution in [3.8, 4) is 0 Å². The molecule has 1 unspecified atom stereocenters. The zero-order valence-corrected chi connectivity index (χ0v) is 13.3. The van der Waals surface area contributed by atoms with Gasteiger partial charge in [-0.05, 0) is 57.8 Å². The van der Waals surface area contributed by atoms with Crippen LogP contribution in [0.25, 0.3) is 11.0 Å². The Balaban J connectivity index is 1.95. The summed E-state index contributed by atoms with van der Waals surface area (Å²) in [6.45, 7) is 2.34. The van der Waals surface area contributed by atoms with E-state index in [0.717, 1.165) is 35.5 Å². The van der Waals surface area contributed by atoms with Gasteiger partial charge in [0.1, 0.15) is 11.3 Å².